The summed E-state index contributed by atoms with van der Waals surface area (Å²) in [6.45, 7) is 1.93. The Morgan fingerprint density at radius 1 is 1.16 bits per heavy atom. The van der Waals surface area contributed by atoms with E-state index in [0.29, 0.717) is 33.2 Å². The van der Waals surface area contributed by atoms with Crippen molar-refractivity contribution in [1.82, 2.24) is 9.55 Å². The number of carbonyl (C=O) groups excluding carboxylic acids is 2. The zero-order chi connectivity index (χ0) is 22.8. The zero-order valence-electron chi connectivity index (χ0n) is 17.4. The average molecular weight is 452 g/mol. The molecule has 0 saturated heterocycles. The first-order valence-corrected chi connectivity index (χ1v) is 10.1. The van der Waals surface area contributed by atoms with Crippen molar-refractivity contribution < 1.29 is 18.7 Å². The number of carbonyl (C=O) groups is 2. The van der Waals surface area contributed by atoms with E-state index in [-0.39, 0.29) is 12.1 Å². The molecule has 1 N–H and O–H groups in total. The number of anilines is 1. The summed E-state index contributed by atoms with van der Waals surface area (Å²) in [5.41, 5.74) is 2.37. The minimum absolute atomic E-state index is 0.186. The molecule has 4 rings (SSSR count). The summed E-state index contributed by atoms with van der Waals surface area (Å²) in [5.74, 6) is -1.60. The van der Waals surface area contributed by atoms with Crippen LogP contribution in [0.2, 0.25) is 5.02 Å². The smallest absolute Gasteiger partial charge is 0.296 e. The molecule has 2 aromatic carbocycles. The molecule has 6 nitrogen and oxygen atoms in total. The Hall–Kier alpha value is -3.71. The topological polar surface area (TPSA) is 73.2 Å². The number of para-hydroxylation sites is 1. The molecule has 4 aromatic rings. The fourth-order valence-corrected chi connectivity index (χ4v) is 3.80. The molecule has 1 amide bonds. The van der Waals surface area contributed by atoms with Gasteiger partial charge >= 0.3 is 0 Å². The van der Waals surface area contributed by atoms with Crippen molar-refractivity contribution in [3.63, 3.8) is 0 Å². The first-order valence-electron chi connectivity index (χ1n) is 9.76. The predicted octanol–water partition coefficient (Wildman–Crippen LogP) is 5.02. The quantitative estimate of drug-likeness (QED) is 0.330. The predicted molar refractivity (Wildman–Crippen MR) is 121 cm³/mol. The summed E-state index contributed by atoms with van der Waals surface area (Å²) in [4.78, 5) is 29.9. The SMILES string of the molecule is COc1cc(NC(=O)C(=O)c2c(C)n(Cc3ccc(Cl)cc3F)c3ccccc23)ccn1. The van der Waals surface area contributed by atoms with E-state index < -0.39 is 17.5 Å². The molecule has 0 aliphatic rings. The first-order chi connectivity index (χ1) is 15.4. The lowest BCUT2D eigenvalue weighted by atomic mass is 10.1. The van der Waals surface area contributed by atoms with Gasteiger partial charge in [0, 0.05) is 45.1 Å². The molecule has 2 heterocycles. The Labute approximate surface area is 188 Å². The monoisotopic (exact) mass is 451 g/mol. The second-order valence-electron chi connectivity index (χ2n) is 7.17. The number of nitrogens with one attached hydrogen (secondary N) is 1. The van der Waals surface area contributed by atoms with Gasteiger partial charge in [-0.15, -0.1) is 0 Å². The van der Waals surface area contributed by atoms with Crippen LogP contribution < -0.4 is 10.1 Å². The van der Waals surface area contributed by atoms with Crippen LogP contribution in [0.15, 0.2) is 60.8 Å². The minimum Gasteiger partial charge on any atom is -0.481 e. The van der Waals surface area contributed by atoms with Crippen LogP contribution >= 0.6 is 11.6 Å². The van der Waals surface area contributed by atoms with Crippen LogP contribution in [0, 0.1) is 12.7 Å². The lowest BCUT2D eigenvalue weighted by Crippen LogP contribution is -2.23. The van der Waals surface area contributed by atoms with E-state index >= 15 is 0 Å². The van der Waals surface area contributed by atoms with E-state index in [2.05, 4.69) is 10.3 Å². The van der Waals surface area contributed by atoms with Gasteiger partial charge in [-0.3, -0.25) is 9.59 Å². The second kappa shape index (κ2) is 8.80. The summed E-state index contributed by atoms with van der Waals surface area (Å²) in [7, 11) is 1.46. The van der Waals surface area contributed by atoms with Crippen LogP contribution in [0.1, 0.15) is 21.6 Å². The van der Waals surface area contributed by atoms with Gasteiger partial charge in [0.05, 0.1) is 19.2 Å². The van der Waals surface area contributed by atoms with Crippen LogP contribution in [-0.2, 0) is 11.3 Å². The number of rotatable bonds is 6. The zero-order valence-corrected chi connectivity index (χ0v) is 18.1. The second-order valence-corrected chi connectivity index (χ2v) is 7.61. The van der Waals surface area contributed by atoms with Crippen molar-refractivity contribution >= 4 is 39.9 Å². The van der Waals surface area contributed by atoms with Crippen molar-refractivity contribution in [2.45, 2.75) is 13.5 Å². The van der Waals surface area contributed by atoms with Gasteiger partial charge in [0.1, 0.15) is 5.82 Å². The average Bonchev–Trinajstić information content (AvgIpc) is 3.06. The molecule has 8 heteroatoms. The number of Topliss-reactive ketones (excluding diaryl/α,β-unsaturated/α-hetero) is 1. The van der Waals surface area contributed by atoms with Gasteiger partial charge < -0.3 is 14.6 Å². The summed E-state index contributed by atoms with van der Waals surface area (Å²) in [6.07, 6.45) is 1.47. The van der Waals surface area contributed by atoms with Crippen molar-refractivity contribution in [1.29, 1.82) is 0 Å². The molecular formula is C24H19ClFN3O3. The van der Waals surface area contributed by atoms with Gasteiger partial charge in [-0.2, -0.15) is 0 Å². The number of ketones is 1. The fraction of sp³-hybridized carbons (Fsp3) is 0.125. The number of benzene rings is 2. The van der Waals surface area contributed by atoms with Crippen molar-refractivity contribution in [2.75, 3.05) is 12.4 Å². The molecule has 0 spiro atoms. The van der Waals surface area contributed by atoms with E-state index in [0.717, 1.165) is 5.52 Å². The van der Waals surface area contributed by atoms with E-state index in [1.807, 2.05) is 16.7 Å². The third-order valence-corrected chi connectivity index (χ3v) is 5.44. The number of aromatic nitrogens is 2. The Morgan fingerprint density at radius 3 is 2.69 bits per heavy atom. The Bertz CT molecular complexity index is 1350. The lowest BCUT2D eigenvalue weighted by molar-refractivity contribution is -0.112. The van der Waals surface area contributed by atoms with E-state index in [9.17, 15) is 14.0 Å². The number of hydrogen-bond acceptors (Lipinski definition) is 4. The Balaban J connectivity index is 1.71. The van der Waals surface area contributed by atoms with Gasteiger partial charge in [-0.1, -0.05) is 35.9 Å². The summed E-state index contributed by atoms with van der Waals surface area (Å²) < 4.78 is 21.3. The van der Waals surface area contributed by atoms with Crippen molar-refractivity contribution in [2.24, 2.45) is 0 Å². The normalized spacial score (nSPS) is 10.9. The molecule has 162 valence electrons. The molecule has 0 radical (unpaired) electrons. The van der Waals surface area contributed by atoms with Gasteiger partial charge in [-0.05, 0) is 31.2 Å². The van der Waals surface area contributed by atoms with E-state index in [4.69, 9.17) is 16.3 Å². The number of hydrogen-bond donors (Lipinski definition) is 1. The number of amides is 1. The minimum atomic E-state index is -0.790. The van der Waals surface area contributed by atoms with Crippen LogP contribution in [0.4, 0.5) is 10.1 Å². The highest BCUT2D eigenvalue weighted by Crippen LogP contribution is 2.28. The number of ether oxygens (including phenoxy) is 1. The third-order valence-electron chi connectivity index (χ3n) is 5.21. The maximum Gasteiger partial charge on any atom is 0.296 e. The Morgan fingerprint density at radius 2 is 1.94 bits per heavy atom. The number of fused-ring (bicyclic) bond motifs is 1. The van der Waals surface area contributed by atoms with E-state index in [1.165, 1.54) is 25.4 Å². The van der Waals surface area contributed by atoms with Crippen LogP contribution in [0.3, 0.4) is 0 Å². The van der Waals surface area contributed by atoms with Gasteiger partial charge in [0.2, 0.25) is 5.88 Å². The largest absolute Gasteiger partial charge is 0.481 e. The maximum absolute atomic E-state index is 14.4. The molecule has 0 atom stereocenters. The summed E-state index contributed by atoms with van der Waals surface area (Å²) in [5, 5.41) is 3.51. The summed E-state index contributed by atoms with van der Waals surface area (Å²) >= 11 is 5.86. The Kier molecular flexibility index (Phi) is 5.92. The van der Waals surface area contributed by atoms with Gasteiger partial charge in [0.25, 0.3) is 11.7 Å². The fourth-order valence-electron chi connectivity index (χ4n) is 3.64. The highest BCUT2D eigenvalue weighted by molar-refractivity contribution is 6.48. The van der Waals surface area contributed by atoms with Crippen LogP contribution in [0.25, 0.3) is 10.9 Å². The molecule has 0 aliphatic heterocycles. The summed E-state index contributed by atoms with van der Waals surface area (Å²) in [6, 6.07) is 14.8. The number of halogens is 2. The standard InChI is InChI=1S/C24H19ClFN3O3/c1-14-22(23(30)24(31)28-17-9-10-27-21(12-17)32-2)18-5-3-4-6-20(18)29(14)13-15-7-8-16(25)11-19(15)26/h3-12H,13H2,1-2H3,(H,27,28,31). The van der Waals surface area contributed by atoms with Crippen LogP contribution in [-0.4, -0.2) is 28.4 Å². The number of pyridine rings is 1. The molecule has 0 unspecified atom stereocenters. The van der Waals surface area contributed by atoms with Gasteiger partial charge in [0.15, 0.2) is 0 Å². The molecular weight excluding hydrogens is 433 g/mol. The first kappa shape index (κ1) is 21.5. The lowest BCUT2D eigenvalue weighted by Gasteiger charge is -2.10. The molecule has 0 saturated carbocycles. The third kappa shape index (κ3) is 4.07. The molecule has 0 aliphatic carbocycles. The maximum atomic E-state index is 14.4. The van der Waals surface area contributed by atoms with Crippen LogP contribution in [0.5, 0.6) is 5.88 Å². The highest BCUT2D eigenvalue weighted by atomic mass is 35.5. The van der Waals surface area contributed by atoms with E-state index in [1.54, 1.807) is 37.3 Å². The molecule has 0 fully saturated rings. The number of methoxy groups -OCH3 is 1. The molecule has 32 heavy (non-hydrogen) atoms. The number of nitrogens with zero attached hydrogens (tertiary/aromatic N) is 2. The van der Waals surface area contributed by atoms with Gasteiger partial charge in [-0.25, -0.2) is 9.37 Å². The van der Waals surface area contributed by atoms with Crippen molar-refractivity contribution in [3.05, 3.63) is 88.5 Å². The molecule has 2 aromatic heterocycles. The highest BCUT2D eigenvalue weighted by Gasteiger charge is 2.25. The van der Waals surface area contributed by atoms with Crippen molar-refractivity contribution in [3.8, 4) is 5.88 Å². The molecule has 0 bridgehead atoms.